The lowest BCUT2D eigenvalue weighted by Gasteiger charge is -2.31. The molecule has 2 nitrogen and oxygen atoms in total. The third-order valence-corrected chi connectivity index (χ3v) is 2.69. The molecule has 1 aliphatic heterocycles. The van der Waals surface area contributed by atoms with Gasteiger partial charge in [-0.3, -0.25) is 0 Å². The van der Waals surface area contributed by atoms with Crippen LogP contribution in [0.4, 0.5) is 0 Å². The lowest BCUT2D eigenvalue weighted by atomic mass is 10.0. The molecule has 2 heteroatoms. The van der Waals surface area contributed by atoms with Crippen molar-refractivity contribution in [1.82, 2.24) is 5.32 Å². The Bertz CT molecular complexity index is 269. The first-order chi connectivity index (χ1) is 6.90. The summed E-state index contributed by atoms with van der Waals surface area (Å²) in [7, 11) is 0. The van der Waals surface area contributed by atoms with Crippen LogP contribution in [-0.4, -0.2) is 19.3 Å². The van der Waals surface area contributed by atoms with Gasteiger partial charge in [-0.05, 0) is 12.0 Å². The van der Waals surface area contributed by atoms with Crippen LogP contribution in [0.1, 0.15) is 24.9 Å². The smallest absolute Gasteiger partial charge is 0.0643 e. The molecule has 1 N–H and O–H groups in total. The van der Waals surface area contributed by atoms with Gasteiger partial charge in [-0.1, -0.05) is 37.3 Å². The number of nitrogens with one attached hydrogen (secondary N) is 1. The van der Waals surface area contributed by atoms with E-state index in [0.29, 0.717) is 12.1 Å². The molecule has 14 heavy (non-hydrogen) atoms. The van der Waals surface area contributed by atoms with Crippen molar-refractivity contribution < 1.29 is 4.74 Å². The molecule has 1 aromatic rings. The second-order valence-electron chi connectivity index (χ2n) is 3.77. The maximum atomic E-state index is 5.15. The maximum absolute atomic E-state index is 5.15. The number of hydrogen-bond acceptors (Lipinski definition) is 2. The molecule has 1 fully saturated rings. The van der Waals surface area contributed by atoms with E-state index in [1.807, 2.05) is 0 Å². The van der Waals surface area contributed by atoms with Crippen LogP contribution in [-0.2, 0) is 4.74 Å². The number of hydrogen-bond donors (Lipinski definition) is 1. The standard InChI is InChI=1S/C12H17NO/c1-2-12(13-11-8-14-9-11)10-6-4-3-5-7-10/h3-7,11-13H,2,8-9H2,1H3. The molecule has 1 heterocycles. The van der Waals surface area contributed by atoms with Gasteiger partial charge in [0.1, 0.15) is 0 Å². The van der Waals surface area contributed by atoms with E-state index < -0.39 is 0 Å². The highest BCUT2D eigenvalue weighted by Gasteiger charge is 2.21. The topological polar surface area (TPSA) is 21.3 Å². The molecule has 1 unspecified atom stereocenters. The van der Waals surface area contributed by atoms with Gasteiger partial charge in [0.2, 0.25) is 0 Å². The van der Waals surface area contributed by atoms with Crippen LogP contribution in [0.3, 0.4) is 0 Å². The molecule has 1 atom stereocenters. The maximum Gasteiger partial charge on any atom is 0.0643 e. The molecule has 0 radical (unpaired) electrons. The van der Waals surface area contributed by atoms with Crippen LogP contribution in [0, 0.1) is 0 Å². The van der Waals surface area contributed by atoms with E-state index in [4.69, 9.17) is 4.74 Å². The Balaban J connectivity index is 1.98. The number of ether oxygens (including phenoxy) is 1. The molecule has 0 spiro atoms. The summed E-state index contributed by atoms with van der Waals surface area (Å²) in [6.07, 6.45) is 1.13. The lowest BCUT2D eigenvalue weighted by molar-refractivity contribution is -0.0103. The summed E-state index contributed by atoms with van der Waals surface area (Å²) in [6, 6.07) is 11.6. The van der Waals surface area contributed by atoms with Crippen LogP contribution in [0.25, 0.3) is 0 Å². The minimum absolute atomic E-state index is 0.477. The highest BCUT2D eigenvalue weighted by Crippen LogP contribution is 2.18. The molecule has 76 valence electrons. The van der Waals surface area contributed by atoms with E-state index in [2.05, 4.69) is 42.6 Å². The second-order valence-corrected chi connectivity index (χ2v) is 3.77. The fourth-order valence-electron chi connectivity index (χ4n) is 1.75. The summed E-state index contributed by atoms with van der Waals surface area (Å²) in [4.78, 5) is 0. The van der Waals surface area contributed by atoms with Crippen molar-refractivity contribution in [2.45, 2.75) is 25.4 Å². The van der Waals surface area contributed by atoms with E-state index in [9.17, 15) is 0 Å². The van der Waals surface area contributed by atoms with Gasteiger partial charge < -0.3 is 10.1 Å². The monoisotopic (exact) mass is 191 g/mol. The summed E-state index contributed by atoms with van der Waals surface area (Å²) in [5, 5.41) is 3.59. The average molecular weight is 191 g/mol. The largest absolute Gasteiger partial charge is 0.378 e. The van der Waals surface area contributed by atoms with Crippen molar-refractivity contribution in [3.05, 3.63) is 35.9 Å². The van der Waals surface area contributed by atoms with Gasteiger partial charge in [0, 0.05) is 6.04 Å². The normalized spacial score (nSPS) is 18.9. The molecule has 0 saturated carbocycles. The molecule has 2 rings (SSSR count). The van der Waals surface area contributed by atoms with Gasteiger partial charge in [-0.15, -0.1) is 0 Å². The van der Waals surface area contributed by atoms with Crippen molar-refractivity contribution in [1.29, 1.82) is 0 Å². The van der Waals surface area contributed by atoms with E-state index in [0.717, 1.165) is 19.6 Å². The number of benzene rings is 1. The summed E-state index contributed by atoms with van der Waals surface area (Å²) in [5.74, 6) is 0. The van der Waals surface area contributed by atoms with Crippen molar-refractivity contribution in [3.8, 4) is 0 Å². The molecular formula is C12H17NO. The van der Waals surface area contributed by atoms with Crippen molar-refractivity contribution in [2.75, 3.05) is 13.2 Å². The molecule has 1 aliphatic rings. The lowest BCUT2D eigenvalue weighted by Crippen LogP contribution is -2.47. The second kappa shape index (κ2) is 4.58. The van der Waals surface area contributed by atoms with Crippen LogP contribution in [0.5, 0.6) is 0 Å². The minimum atomic E-state index is 0.477. The summed E-state index contributed by atoms with van der Waals surface area (Å²) in [5.41, 5.74) is 1.38. The zero-order chi connectivity index (χ0) is 9.80. The average Bonchev–Trinajstić information content (AvgIpc) is 2.18. The van der Waals surface area contributed by atoms with E-state index in [1.165, 1.54) is 5.56 Å². The predicted octanol–water partition coefficient (Wildman–Crippen LogP) is 2.13. The van der Waals surface area contributed by atoms with Gasteiger partial charge in [-0.25, -0.2) is 0 Å². The Morgan fingerprint density at radius 2 is 2.07 bits per heavy atom. The highest BCUT2D eigenvalue weighted by molar-refractivity contribution is 5.18. The van der Waals surface area contributed by atoms with Crippen molar-refractivity contribution >= 4 is 0 Å². The van der Waals surface area contributed by atoms with Gasteiger partial charge in [0.25, 0.3) is 0 Å². The highest BCUT2D eigenvalue weighted by atomic mass is 16.5. The van der Waals surface area contributed by atoms with Crippen LogP contribution >= 0.6 is 0 Å². The van der Waals surface area contributed by atoms with E-state index in [1.54, 1.807) is 0 Å². The van der Waals surface area contributed by atoms with Crippen LogP contribution in [0.2, 0.25) is 0 Å². The molecule has 0 aromatic heterocycles. The third-order valence-electron chi connectivity index (χ3n) is 2.69. The molecule has 0 amide bonds. The fraction of sp³-hybridized carbons (Fsp3) is 0.500. The zero-order valence-corrected chi connectivity index (χ0v) is 8.57. The Morgan fingerprint density at radius 3 is 2.57 bits per heavy atom. The van der Waals surface area contributed by atoms with Gasteiger partial charge in [-0.2, -0.15) is 0 Å². The third kappa shape index (κ3) is 2.14. The van der Waals surface area contributed by atoms with Crippen LogP contribution in [0.15, 0.2) is 30.3 Å². The Morgan fingerprint density at radius 1 is 1.36 bits per heavy atom. The predicted molar refractivity (Wildman–Crippen MR) is 57.2 cm³/mol. The quantitative estimate of drug-likeness (QED) is 0.787. The van der Waals surface area contributed by atoms with Crippen molar-refractivity contribution in [3.63, 3.8) is 0 Å². The first-order valence-electron chi connectivity index (χ1n) is 5.29. The van der Waals surface area contributed by atoms with E-state index >= 15 is 0 Å². The molecule has 1 aromatic carbocycles. The molecule has 0 aliphatic carbocycles. The van der Waals surface area contributed by atoms with Gasteiger partial charge in [0.05, 0.1) is 19.3 Å². The summed E-state index contributed by atoms with van der Waals surface area (Å²) in [6.45, 7) is 3.94. The Labute approximate surface area is 85.3 Å². The fourth-order valence-corrected chi connectivity index (χ4v) is 1.75. The van der Waals surface area contributed by atoms with Gasteiger partial charge in [0.15, 0.2) is 0 Å². The number of rotatable bonds is 4. The summed E-state index contributed by atoms with van der Waals surface area (Å²) < 4.78 is 5.15. The first kappa shape index (κ1) is 9.69. The Kier molecular flexibility index (Phi) is 3.17. The molecular weight excluding hydrogens is 174 g/mol. The van der Waals surface area contributed by atoms with E-state index in [-0.39, 0.29) is 0 Å². The first-order valence-corrected chi connectivity index (χ1v) is 5.29. The SMILES string of the molecule is CCC(NC1COC1)c1ccccc1. The minimum Gasteiger partial charge on any atom is -0.378 e. The van der Waals surface area contributed by atoms with Crippen molar-refractivity contribution in [2.24, 2.45) is 0 Å². The zero-order valence-electron chi connectivity index (χ0n) is 8.57. The molecule has 1 saturated heterocycles. The summed E-state index contributed by atoms with van der Waals surface area (Å²) >= 11 is 0. The molecule has 0 bridgehead atoms. The van der Waals surface area contributed by atoms with Crippen LogP contribution < -0.4 is 5.32 Å². The van der Waals surface area contributed by atoms with Gasteiger partial charge >= 0.3 is 0 Å². The Hall–Kier alpha value is -0.860.